The topological polar surface area (TPSA) is 66.5 Å². The number of carbonyl (C=O) groups excluding carboxylic acids is 1. The number of sulfonamides is 1. The molecular formula is C13H13ClN2O3S2. The molecule has 112 valence electrons. The molecule has 8 heteroatoms. The normalized spacial score (nSPS) is 11.2. The fourth-order valence-electron chi connectivity index (χ4n) is 1.58. The van der Waals surface area contributed by atoms with Gasteiger partial charge in [0.15, 0.2) is 0 Å². The van der Waals surface area contributed by atoms with Gasteiger partial charge >= 0.3 is 0 Å². The number of benzene rings is 1. The maximum absolute atomic E-state index is 12.1. The van der Waals surface area contributed by atoms with Crippen LogP contribution in [0.15, 0.2) is 40.6 Å². The molecule has 0 aliphatic rings. The first kappa shape index (κ1) is 15.8. The molecule has 5 nitrogen and oxygen atoms in total. The maximum atomic E-state index is 12.1. The second kappa shape index (κ2) is 6.05. The second-order valence-corrected chi connectivity index (χ2v) is 7.91. The molecule has 1 aromatic carbocycles. The van der Waals surface area contributed by atoms with E-state index in [9.17, 15) is 13.2 Å². The number of nitrogens with one attached hydrogen (secondary N) is 1. The molecule has 1 N–H and O–H groups in total. The van der Waals surface area contributed by atoms with Crippen LogP contribution >= 0.6 is 22.9 Å². The zero-order valence-corrected chi connectivity index (χ0v) is 13.7. The molecule has 2 aromatic rings. The van der Waals surface area contributed by atoms with Crippen molar-refractivity contribution >= 4 is 50.2 Å². The molecule has 21 heavy (non-hydrogen) atoms. The van der Waals surface area contributed by atoms with Gasteiger partial charge in [0.05, 0.1) is 4.34 Å². The van der Waals surface area contributed by atoms with Crippen LogP contribution in [0.5, 0.6) is 0 Å². The van der Waals surface area contributed by atoms with Gasteiger partial charge in [-0.1, -0.05) is 11.6 Å². The van der Waals surface area contributed by atoms with Gasteiger partial charge in [0, 0.05) is 25.3 Å². The maximum Gasteiger partial charge on any atom is 0.271 e. The van der Waals surface area contributed by atoms with Crippen molar-refractivity contribution in [3.8, 4) is 0 Å². The van der Waals surface area contributed by atoms with Crippen LogP contribution in [0.2, 0.25) is 4.34 Å². The van der Waals surface area contributed by atoms with Crippen LogP contribution in [0.1, 0.15) is 6.92 Å². The van der Waals surface area contributed by atoms with Crippen LogP contribution in [0.3, 0.4) is 0 Å². The third-order valence-electron chi connectivity index (χ3n) is 2.79. The molecule has 0 bridgehead atoms. The number of carbonyl (C=O) groups is 1. The van der Waals surface area contributed by atoms with E-state index in [1.54, 1.807) is 31.3 Å². The minimum atomic E-state index is -3.64. The van der Waals surface area contributed by atoms with E-state index >= 15 is 0 Å². The third-order valence-corrected chi connectivity index (χ3v) is 5.90. The van der Waals surface area contributed by atoms with E-state index in [1.165, 1.54) is 24.0 Å². The van der Waals surface area contributed by atoms with E-state index < -0.39 is 10.0 Å². The van der Waals surface area contributed by atoms with Crippen molar-refractivity contribution in [2.45, 2.75) is 11.1 Å². The smallest absolute Gasteiger partial charge is 0.271 e. The van der Waals surface area contributed by atoms with Crippen LogP contribution in [0.4, 0.5) is 11.4 Å². The Kier molecular flexibility index (Phi) is 4.55. The predicted molar refractivity (Wildman–Crippen MR) is 85.7 cm³/mol. The summed E-state index contributed by atoms with van der Waals surface area (Å²) < 4.78 is 27.3. The average molecular weight is 345 g/mol. The standard InChI is InChI=1S/C13H13ClN2O3S2/c1-9(17)16(2)11-5-3-10(4-6-11)15-21(18,19)13-8-7-12(14)20-13/h3-8,15H,1-2H3. The Morgan fingerprint density at radius 3 is 2.29 bits per heavy atom. The Hall–Kier alpha value is -1.57. The number of halogens is 1. The van der Waals surface area contributed by atoms with Crippen LogP contribution in [0, 0.1) is 0 Å². The van der Waals surface area contributed by atoms with Crippen LogP contribution in [0.25, 0.3) is 0 Å². The summed E-state index contributed by atoms with van der Waals surface area (Å²) in [7, 11) is -1.99. The molecule has 0 saturated carbocycles. The average Bonchev–Trinajstić information content (AvgIpc) is 2.86. The first-order valence-electron chi connectivity index (χ1n) is 5.92. The quantitative estimate of drug-likeness (QED) is 0.926. The van der Waals surface area contributed by atoms with E-state index in [0.717, 1.165) is 11.3 Å². The predicted octanol–water partition coefficient (Wildman–Crippen LogP) is 3.19. The van der Waals surface area contributed by atoms with Gasteiger partial charge in [-0.2, -0.15) is 0 Å². The first-order chi connectivity index (χ1) is 9.79. The molecule has 1 heterocycles. The van der Waals surface area contributed by atoms with E-state index in [1.807, 2.05) is 0 Å². The molecule has 1 amide bonds. The van der Waals surface area contributed by atoms with Gasteiger partial charge in [-0.05, 0) is 36.4 Å². The zero-order valence-electron chi connectivity index (χ0n) is 11.3. The lowest BCUT2D eigenvalue weighted by Gasteiger charge is -2.15. The van der Waals surface area contributed by atoms with Crippen LogP contribution in [-0.2, 0) is 14.8 Å². The van der Waals surface area contributed by atoms with Gasteiger partial charge < -0.3 is 4.90 Å². The molecular weight excluding hydrogens is 332 g/mol. The lowest BCUT2D eigenvalue weighted by atomic mass is 10.2. The van der Waals surface area contributed by atoms with Gasteiger partial charge in [-0.15, -0.1) is 11.3 Å². The van der Waals surface area contributed by atoms with Gasteiger partial charge in [0.1, 0.15) is 4.21 Å². The lowest BCUT2D eigenvalue weighted by molar-refractivity contribution is -0.116. The number of thiophene rings is 1. The summed E-state index contributed by atoms with van der Waals surface area (Å²) in [6.45, 7) is 1.46. The summed E-state index contributed by atoms with van der Waals surface area (Å²) in [4.78, 5) is 12.7. The fourth-order valence-corrected chi connectivity index (χ4v) is 4.12. The highest BCUT2D eigenvalue weighted by Gasteiger charge is 2.16. The summed E-state index contributed by atoms with van der Waals surface area (Å²) in [6.07, 6.45) is 0. The Labute approximate surface area is 132 Å². The summed E-state index contributed by atoms with van der Waals surface area (Å²) >= 11 is 6.73. The molecule has 2 rings (SSSR count). The number of hydrogen-bond donors (Lipinski definition) is 1. The van der Waals surface area contributed by atoms with E-state index in [0.29, 0.717) is 15.7 Å². The Morgan fingerprint density at radius 1 is 1.19 bits per heavy atom. The van der Waals surface area contributed by atoms with Gasteiger partial charge in [-0.3, -0.25) is 9.52 Å². The summed E-state index contributed by atoms with van der Waals surface area (Å²) in [5.74, 6) is -0.100. The molecule has 0 atom stereocenters. The molecule has 0 aliphatic heterocycles. The van der Waals surface area contributed by atoms with Crippen molar-refractivity contribution in [1.29, 1.82) is 0 Å². The number of amides is 1. The minimum Gasteiger partial charge on any atom is -0.316 e. The lowest BCUT2D eigenvalue weighted by Crippen LogP contribution is -2.22. The van der Waals surface area contributed by atoms with Crippen molar-refractivity contribution in [2.24, 2.45) is 0 Å². The van der Waals surface area contributed by atoms with Crippen LogP contribution < -0.4 is 9.62 Å². The summed E-state index contributed by atoms with van der Waals surface area (Å²) in [5, 5.41) is 0. The zero-order chi connectivity index (χ0) is 15.6. The first-order valence-corrected chi connectivity index (χ1v) is 8.60. The molecule has 0 spiro atoms. The van der Waals surface area contributed by atoms with Gasteiger partial charge in [0.25, 0.3) is 10.0 Å². The molecule has 0 radical (unpaired) electrons. The van der Waals surface area contributed by atoms with E-state index in [-0.39, 0.29) is 10.1 Å². The minimum absolute atomic E-state index is 0.100. The van der Waals surface area contributed by atoms with Crippen molar-refractivity contribution in [1.82, 2.24) is 0 Å². The SMILES string of the molecule is CC(=O)N(C)c1ccc(NS(=O)(=O)c2ccc(Cl)s2)cc1. The van der Waals surface area contributed by atoms with E-state index in [2.05, 4.69) is 4.72 Å². The number of nitrogens with zero attached hydrogens (tertiary/aromatic N) is 1. The molecule has 0 unspecified atom stereocenters. The molecule has 0 fully saturated rings. The Bertz CT molecular complexity index is 754. The van der Waals surface area contributed by atoms with Crippen LogP contribution in [-0.4, -0.2) is 21.4 Å². The molecule has 0 saturated heterocycles. The highest BCUT2D eigenvalue weighted by molar-refractivity contribution is 7.94. The summed E-state index contributed by atoms with van der Waals surface area (Å²) in [5.41, 5.74) is 1.10. The van der Waals surface area contributed by atoms with Crippen molar-refractivity contribution in [3.05, 3.63) is 40.7 Å². The van der Waals surface area contributed by atoms with Gasteiger partial charge in [-0.25, -0.2) is 8.42 Å². The van der Waals surface area contributed by atoms with Crippen molar-refractivity contribution in [3.63, 3.8) is 0 Å². The largest absolute Gasteiger partial charge is 0.316 e. The summed E-state index contributed by atoms with van der Waals surface area (Å²) in [6, 6.07) is 9.52. The second-order valence-electron chi connectivity index (χ2n) is 4.29. The van der Waals surface area contributed by atoms with E-state index in [4.69, 9.17) is 11.6 Å². The monoisotopic (exact) mass is 344 g/mol. The number of rotatable bonds is 4. The van der Waals surface area contributed by atoms with Crippen molar-refractivity contribution in [2.75, 3.05) is 16.7 Å². The highest BCUT2D eigenvalue weighted by atomic mass is 35.5. The number of hydrogen-bond acceptors (Lipinski definition) is 4. The number of anilines is 2. The fraction of sp³-hybridized carbons (Fsp3) is 0.154. The van der Waals surface area contributed by atoms with Crippen molar-refractivity contribution < 1.29 is 13.2 Å². The molecule has 0 aliphatic carbocycles. The molecule has 1 aromatic heterocycles. The van der Waals surface area contributed by atoms with Gasteiger partial charge in [0.2, 0.25) is 5.91 Å². The third kappa shape index (κ3) is 3.75. The Morgan fingerprint density at radius 2 is 1.81 bits per heavy atom. The Balaban J connectivity index is 2.19. The highest BCUT2D eigenvalue weighted by Crippen LogP contribution is 2.27.